The topological polar surface area (TPSA) is 41.4 Å². The molecule has 0 fully saturated rings. The van der Waals surface area contributed by atoms with Crippen molar-refractivity contribution >= 4 is 5.91 Å². The first-order chi connectivity index (χ1) is 13.7. The minimum Gasteiger partial charge on any atom is -0.340 e. The predicted octanol–water partition coefficient (Wildman–Crippen LogP) is 4.34. The third-order valence-electron chi connectivity index (χ3n) is 5.53. The lowest BCUT2D eigenvalue weighted by Gasteiger charge is -2.28. The lowest BCUT2D eigenvalue weighted by atomic mass is 9.91. The molecule has 0 N–H and O–H groups in total. The summed E-state index contributed by atoms with van der Waals surface area (Å²) in [6.07, 6.45) is 2.70. The van der Waals surface area contributed by atoms with Crippen LogP contribution < -0.4 is 0 Å². The molecule has 1 aliphatic heterocycles. The molecule has 0 aliphatic carbocycles. The maximum absolute atomic E-state index is 12.7. The van der Waals surface area contributed by atoms with Crippen LogP contribution >= 0.6 is 0 Å². The van der Waals surface area contributed by atoms with Crippen molar-refractivity contribution < 1.29 is 4.79 Å². The Kier molecular flexibility index (Phi) is 6.47. The molecule has 0 spiro atoms. The fraction of sp³-hybridized carbons (Fsp3) is 0.583. The van der Waals surface area contributed by atoms with Crippen molar-refractivity contribution in [2.24, 2.45) is 5.41 Å². The van der Waals surface area contributed by atoms with Crippen LogP contribution in [0.2, 0.25) is 0 Å². The van der Waals surface area contributed by atoms with E-state index in [9.17, 15) is 4.79 Å². The summed E-state index contributed by atoms with van der Waals surface area (Å²) in [5, 5.41) is 5.00. The SMILES string of the molecule is CCCN1CCc2c(c(CN(C)C(=O)CC(C)(C)C)nn2-c2ccc(C)cc2)C1. The van der Waals surface area contributed by atoms with Gasteiger partial charge in [-0.05, 0) is 37.4 Å². The maximum atomic E-state index is 12.7. The van der Waals surface area contributed by atoms with E-state index in [-0.39, 0.29) is 11.3 Å². The van der Waals surface area contributed by atoms with Crippen LogP contribution in [0.3, 0.4) is 0 Å². The van der Waals surface area contributed by atoms with E-state index in [1.54, 1.807) is 0 Å². The minimum absolute atomic E-state index is 0.00997. The quantitative estimate of drug-likeness (QED) is 0.729. The highest BCUT2D eigenvalue weighted by atomic mass is 16.2. The summed E-state index contributed by atoms with van der Waals surface area (Å²) in [6.45, 7) is 14.3. The van der Waals surface area contributed by atoms with Crippen molar-refractivity contribution in [3.63, 3.8) is 0 Å². The highest BCUT2D eigenvalue weighted by Gasteiger charge is 2.27. The van der Waals surface area contributed by atoms with Gasteiger partial charge in [0.25, 0.3) is 0 Å². The van der Waals surface area contributed by atoms with Crippen molar-refractivity contribution in [1.29, 1.82) is 0 Å². The van der Waals surface area contributed by atoms with Gasteiger partial charge in [-0.2, -0.15) is 5.10 Å². The van der Waals surface area contributed by atoms with Crippen LogP contribution in [-0.2, 0) is 24.3 Å². The number of amides is 1. The van der Waals surface area contributed by atoms with E-state index < -0.39 is 0 Å². The summed E-state index contributed by atoms with van der Waals surface area (Å²) in [5.41, 5.74) is 5.98. The zero-order chi connectivity index (χ0) is 21.2. The predicted molar refractivity (Wildman–Crippen MR) is 118 cm³/mol. The summed E-state index contributed by atoms with van der Waals surface area (Å²) in [7, 11) is 1.90. The molecule has 158 valence electrons. The Labute approximate surface area is 175 Å². The molecule has 2 heterocycles. The first-order valence-electron chi connectivity index (χ1n) is 10.8. The van der Waals surface area contributed by atoms with Gasteiger partial charge in [-0.3, -0.25) is 9.69 Å². The van der Waals surface area contributed by atoms with E-state index in [1.165, 1.54) is 16.8 Å². The summed E-state index contributed by atoms with van der Waals surface area (Å²) in [4.78, 5) is 17.0. The van der Waals surface area contributed by atoms with E-state index in [2.05, 4.69) is 68.5 Å². The van der Waals surface area contributed by atoms with Gasteiger partial charge in [0, 0.05) is 38.5 Å². The highest BCUT2D eigenvalue weighted by Crippen LogP contribution is 2.27. The molecule has 0 bridgehead atoms. The second-order valence-electron chi connectivity index (χ2n) is 9.63. The van der Waals surface area contributed by atoms with Crippen LogP contribution in [0.4, 0.5) is 0 Å². The van der Waals surface area contributed by atoms with E-state index in [0.717, 1.165) is 43.9 Å². The van der Waals surface area contributed by atoms with E-state index in [4.69, 9.17) is 5.10 Å². The van der Waals surface area contributed by atoms with Crippen molar-refractivity contribution in [3.05, 3.63) is 46.8 Å². The molecule has 1 amide bonds. The Balaban J connectivity index is 1.91. The van der Waals surface area contributed by atoms with Crippen LogP contribution in [0, 0.1) is 12.3 Å². The molecule has 1 aliphatic rings. The Hall–Kier alpha value is -2.14. The van der Waals surface area contributed by atoms with Gasteiger partial charge in [0.1, 0.15) is 0 Å². The summed E-state index contributed by atoms with van der Waals surface area (Å²) in [5.74, 6) is 0.178. The Morgan fingerprint density at radius 3 is 2.52 bits per heavy atom. The zero-order valence-corrected chi connectivity index (χ0v) is 19.0. The van der Waals surface area contributed by atoms with Gasteiger partial charge in [-0.25, -0.2) is 4.68 Å². The number of nitrogens with zero attached hydrogens (tertiary/aromatic N) is 4. The van der Waals surface area contributed by atoms with Gasteiger partial charge in [0.05, 0.1) is 23.6 Å². The fourth-order valence-electron chi connectivity index (χ4n) is 3.98. The molecular weight excluding hydrogens is 360 g/mol. The number of carbonyl (C=O) groups is 1. The van der Waals surface area contributed by atoms with E-state index in [0.29, 0.717) is 13.0 Å². The Bertz CT molecular complexity index is 845. The largest absolute Gasteiger partial charge is 0.340 e. The molecule has 29 heavy (non-hydrogen) atoms. The van der Waals surface area contributed by atoms with Gasteiger partial charge in [0.15, 0.2) is 0 Å². The molecule has 2 aromatic rings. The van der Waals surface area contributed by atoms with Gasteiger partial charge >= 0.3 is 0 Å². The molecule has 3 rings (SSSR count). The van der Waals surface area contributed by atoms with Crippen molar-refractivity contribution in [3.8, 4) is 5.69 Å². The van der Waals surface area contributed by atoms with Gasteiger partial charge in [0.2, 0.25) is 5.91 Å². The monoisotopic (exact) mass is 396 g/mol. The smallest absolute Gasteiger partial charge is 0.223 e. The minimum atomic E-state index is -0.00997. The highest BCUT2D eigenvalue weighted by molar-refractivity contribution is 5.76. The number of hydrogen-bond acceptors (Lipinski definition) is 3. The lowest BCUT2D eigenvalue weighted by molar-refractivity contribution is -0.132. The average molecular weight is 397 g/mol. The van der Waals surface area contributed by atoms with Gasteiger partial charge in [-0.1, -0.05) is 45.4 Å². The van der Waals surface area contributed by atoms with E-state index >= 15 is 0 Å². The lowest BCUT2D eigenvalue weighted by Crippen LogP contribution is -2.33. The third kappa shape index (κ3) is 5.27. The molecule has 5 nitrogen and oxygen atoms in total. The van der Waals surface area contributed by atoms with Gasteiger partial charge < -0.3 is 4.90 Å². The summed E-state index contributed by atoms with van der Waals surface area (Å²) in [6, 6.07) is 8.54. The normalized spacial score (nSPS) is 14.7. The molecule has 0 atom stereocenters. The standard InChI is InChI=1S/C24H36N4O/c1-7-13-27-14-12-22-20(16-27)21(17-26(6)23(29)15-24(3,4)5)25-28(22)19-10-8-18(2)9-11-19/h8-11H,7,12-17H2,1-6H3. The molecule has 1 aromatic carbocycles. The van der Waals surface area contributed by atoms with Crippen LogP contribution in [0.15, 0.2) is 24.3 Å². The summed E-state index contributed by atoms with van der Waals surface area (Å²) < 4.78 is 2.11. The zero-order valence-electron chi connectivity index (χ0n) is 19.0. The molecule has 0 saturated heterocycles. The molecular formula is C24H36N4O. The van der Waals surface area contributed by atoms with Crippen molar-refractivity contribution in [2.75, 3.05) is 20.1 Å². The van der Waals surface area contributed by atoms with Crippen molar-refractivity contribution in [1.82, 2.24) is 19.6 Å². The molecule has 1 aromatic heterocycles. The van der Waals surface area contributed by atoms with Crippen LogP contribution in [0.5, 0.6) is 0 Å². The number of fused-ring (bicyclic) bond motifs is 1. The molecule has 0 unspecified atom stereocenters. The first kappa shape index (κ1) is 21.6. The second kappa shape index (κ2) is 8.70. The van der Waals surface area contributed by atoms with Crippen LogP contribution in [0.1, 0.15) is 63.1 Å². The number of benzene rings is 1. The van der Waals surface area contributed by atoms with Crippen molar-refractivity contribution in [2.45, 2.75) is 67.0 Å². The molecule has 0 saturated carbocycles. The maximum Gasteiger partial charge on any atom is 0.223 e. The average Bonchev–Trinajstić information content (AvgIpc) is 2.99. The molecule has 0 radical (unpaired) electrons. The fourth-order valence-corrected chi connectivity index (χ4v) is 3.98. The number of hydrogen-bond donors (Lipinski definition) is 0. The second-order valence-corrected chi connectivity index (χ2v) is 9.63. The van der Waals surface area contributed by atoms with Crippen LogP contribution in [-0.4, -0.2) is 45.6 Å². The van der Waals surface area contributed by atoms with Crippen LogP contribution in [0.25, 0.3) is 5.69 Å². The van der Waals surface area contributed by atoms with E-state index in [1.807, 2.05) is 11.9 Å². The first-order valence-corrected chi connectivity index (χ1v) is 10.8. The number of aryl methyl sites for hydroxylation is 1. The Morgan fingerprint density at radius 1 is 1.21 bits per heavy atom. The number of aromatic nitrogens is 2. The third-order valence-corrected chi connectivity index (χ3v) is 5.53. The number of rotatable bonds is 6. The number of carbonyl (C=O) groups excluding carboxylic acids is 1. The Morgan fingerprint density at radius 2 is 1.90 bits per heavy atom. The summed E-state index contributed by atoms with van der Waals surface area (Å²) >= 11 is 0. The van der Waals surface area contributed by atoms with Gasteiger partial charge in [-0.15, -0.1) is 0 Å². The molecule has 5 heteroatoms.